The van der Waals surface area contributed by atoms with Gasteiger partial charge >= 0.3 is 0 Å². The first-order valence-corrected chi connectivity index (χ1v) is 9.44. The van der Waals surface area contributed by atoms with Crippen LogP contribution in [0.3, 0.4) is 0 Å². The molecule has 0 spiro atoms. The number of hydrogen-bond donors (Lipinski definition) is 2. The fourth-order valence-corrected chi connectivity index (χ4v) is 4.44. The molecule has 24 heavy (non-hydrogen) atoms. The summed E-state index contributed by atoms with van der Waals surface area (Å²) in [5.74, 6) is 1.13. The third-order valence-corrected chi connectivity index (χ3v) is 6.14. The van der Waals surface area contributed by atoms with Gasteiger partial charge in [-0.25, -0.2) is 13.1 Å². The third-order valence-electron chi connectivity index (χ3n) is 3.73. The lowest BCUT2D eigenvalue weighted by atomic mass is 9.96. The number of aliphatic hydroxyl groups is 1. The van der Waals surface area contributed by atoms with E-state index in [1.54, 1.807) is 36.4 Å². The fourth-order valence-electron chi connectivity index (χ4n) is 2.31. The highest BCUT2D eigenvalue weighted by molar-refractivity contribution is 9.10. The summed E-state index contributed by atoms with van der Waals surface area (Å²) < 4.78 is 38.3. The van der Waals surface area contributed by atoms with Gasteiger partial charge in [0.25, 0.3) is 0 Å². The summed E-state index contributed by atoms with van der Waals surface area (Å²) in [6, 6.07) is 11.5. The van der Waals surface area contributed by atoms with E-state index < -0.39 is 15.6 Å². The van der Waals surface area contributed by atoms with Crippen LogP contribution >= 0.6 is 15.9 Å². The van der Waals surface area contributed by atoms with Crippen LogP contribution in [0, 0.1) is 0 Å². The van der Waals surface area contributed by atoms with Crippen molar-refractivity contribution in [3.05, 3.63) is 52.5 Å². The van der Waals surface area contributed by atoms with Gasteiger partial charge in [0.1, 0.15) is 5.60 Å². The molecule has 1 aliphatic rings. The van der Waals surface area contributed by atoms with Crippen molar-refractivity contribution in [2.45, 2.75) is 17.4 Å². The Bertz CT molecular complexity index is 867. The number of benzene rings is 2. The van der Waals surface area contributed by atoms with Gasteiger partial charge in [-0.15, -0.1) is 0 Å². The van der Waals surface area contributed by atoms with Crippen molar-refractivity contribution in [3.8, 4) is 11.5 Å². The maximum Gasteiger partial charge on any atom is 0.241 e. The van der Waals surface area contributed by atoms with Crippen molar-refractivity contribution < 1.29 is 23.0 Å². The first-order valence-electron chi connectivity index (χ1n) is 7.16. The Labute approximate surface area is 148 Å². The van der Waals surface area contributed by atoms with Gasteiger partial charge in [-0.2, -0.15) is 0 Å². The molecule has 1 atom stereocenters. The van der Waals surface area contributed by atoms with Gasteiger partial charge in [0, 0.05) is 11.0 Å². The molecule has 0 saturated heterocycles. The topological polar surface area (TPSA) is 84.9 Å². The normalized spacial score (nSPS) is 16.0. The highest BCUT2D eigenvalue weighted by Crippen LogP contribution is 2.35. The molecule has 0 saturated carbocycles. The molecule has 8 heteroatoms. The molecule has 0 bridgehead atoms. The van der Waals surface area contributed by atoms with Gasteiger partial charge in [-0.3, -0.25) is 0 Å². The van der Waals surface area contributed by atoms with Crippen LogP contribution in [0.25, 0.3) is 0 Å². The van der Waals surface area contributed by atoms with Crippen LogP contribution in [0.1, 0.15) is 12.5 Å². The van der Waals surface area contributed by atoms with E-state index in [1.807, 2.05) is 0 Å². The lowest BCUT2D eigenvalue weighted by molar-refractivity contribution is 0.0625. The highest BCUT2D eigenvalue weighted by atomic mass is 79.9. The Morgan fingerprint density at radius 3 is 2.67 bits per heavy atom. The zero-order valence-electron chi connectivity index (χ0n) is 12.8. The van der Waals surface area contributed by atoms with Crippen molar-refractivity contribution in [2.75, 3.05) is 13.3 Å². The van der Waals surface area contributed by atoms with Gasteiger partial charge < -0.3 is 14.6 Å². The van der Waals surface area contributed by atoms with E-state index in [0.29, 0.717) is 21.5 Å². The number of fused-ring (bicyclic) bond motifs is 1. The number of rotatable bonds is 5. The second-order valence-electron chi connectivity index (χ2n) is 5.60. The molecule has 0 amide bonds. The van der Waals surface area contributed by atoms with Crippen LogP contribution in [0.4, 0.5) is 0 Å². The monoisotopic (exact) mass is 413 g/mol. The third kappa shape index (κ3) is 3.41. The molecule has 0 unspecified atom stereocenters. The van der Waals surface area contributed by atoms with Gasteiger partial charge in [-0.05, 0) is 52.7 Å². The Balaban J connectivity index is 1.79. The fraction of sp³-hybridized carbons (Fsp3) is 0.250. The molecule has 0 aliphatic carbocycles. The number of ether oxygens (including phenoxy) is 2. The molecule has 2 aromatic rings. The van der Waals surface area contributed by atoms with Gasteiger partial charge in [0.2, 0.25) is 16.8 Å². The van der Waals surface area contributed by atoms with Crippen molar-refractivity contribution in [2.24, 2.45) is 0 Å². The van der Waals surface area contributed by atoms with E-state index in [9.17, 15) is 13.5 Å². The Morgan fingerprint density at radius 2 is 1.92 bits per heavy atom. The Morgan fingerprint density at radius 1 is 1.21 bits per heavy atom. The molecule has 0 aromatic heterocycles. The quantitative estimate of drug-likeness (QED) is 0.785. The number of halogens is 1. The summed E-state index contributed by atoms with van der Waals surface area (Å²) in [7, 11) is -3.76. The molecule has 3 rings (SSSR count). The minimum atomic E-state index is -3.76. The van der Waals surface area contributed by atoms with E-state index in [0.717, 1.165) is 0 Å². The molecular weight excluding hydrogens is 398 g/mol. The van der Waals surface area contributed by atoms with E-state index in [4.69, 9.17) is 9.47 Å². The summed E-state index contributed by atoms with van der Waals surface area (Å²) >= 11 is 3.22. The second kappa shape index (κ2) is 6.36. The highest BCUT2D eigenvalue weighted by Gasteiger charge is 2.28. The Kier molecular flexibility index (Phi) is 4.56. The average Bonchev–Trinajstić information content (AvgIpc) is 3.01. The van der Waals surface area contributed by atoms with Crippen LogP contribution in [0.2, 0.25) is 0 Å². The lowest BCUT2D eigenvalue weighted by Crippen LogP contribution is -2.38. The van der Waals surface area contributed by atoms with Crippen LogP contribution in [-0.2, 0) is 15.6 Å². The Hall–Kier alpha value is -1.61. The summed E-state index contributed by atoms with van der Waals surface area (Å²) in [5, 5.41) is 10.7. The molecule has 1 aliphatic heterocycles. The van der Waals surface area contributed by atoms with Crippen molar-refractivity contribution in [3.63, 3.8) is 0 Å². The zero-order chi connectivity index (χ0) is 17.4. The summed E-state index contributed by atoms with van der Waals surface area (Å²) in [4.78, 5) is 0.117. The molecule has 2 N–H and O–H groups in total. The van der Waals surface area contributed by atoms with E-state index in [1.165, 1.54) is 13.0 Å². The zero-order valence-corrected chi connectivity index (χ0v) is 15.2. The number of hydrogen-bond acceptors (Lipinski definition) is 5. The first kappa shape index (κ1) is 17.2. The molecule has 0 fully saturated rings. The molecule has 128 valence electrons. The molecule has 1 heterocycles. The smallest absolute Gasteiger partial charge is 0.241 e. The summed E-state index contributed by atoms with van der Waals surface area (Å²) in [6.07, 6.45) is 0. The van der Waals surface area contributed by atoms with Crippen LogP contribution in [0.5, 0.6) is 11.5 Å². The second-order valence-corrected chi connectivity index (χ2v) is 8.19. The molecule has 6 nitrogen and oxygen atoms in total. The van der Waals surface area contributed by atoms with Crippen molar-refractivity contribution >= 4 is 26.0 Å². The van der Waals surface area contributed by atoms with Crippen molar-refractivity contribution in [1.29, 1.82) is 0 Å². The van der Waals surface area contributed by atoms with Crippen molar-refractivity contribution in [1.82, 2.24) is 4.72 Å². The minimum absolute atomic E-state index is 0.117. The van der Waals surface area contributed by atoms with Gasteiger partial charge in [0.15, 0.2) is 11.5 Å². The molecule has 0 radical (unpaired) electrons. The summed E-state index contributed by atoms with van der Waals surface area (Å²) in [6.45, 7) is 1.49. The average molecular weight is 414 g/mol. The summed E-state index contributed by atoms with van der Waals surface area (Å²) in [5.41, 5.74) is -0.878. The van der Waals surface area contributed by atoms with E-state index in [2.05, 4.69) is 20.7 Å². The largest absolute Gasteiger partial charge is 0.454 e. The predicted octanol–water partition coefficient (Wildman–Crippen LogP) is 2.36. The SMILES string of the molecule is C[C@](O)(CNS(=O)(=O)c1ccccc1Br)c1ccc2c(c1)OCO2. The number of nitrogens with one attached hydrogen (secondary N) is 1. The first-order chi connectivity index (χ1) is 11.3. The molecule has 2 aromatic carbocycles. The van der Waals surface area contributed by atoms with Crippen LogP contribution in [-0.4, -0.2) is 26.9 Å². The maximum atomic E-state index is 12.4. The minimum Gasteiger partial charge on any atom is -0.454 e. The van der Waals surface area contributed by atoms with Crippen LogP contribution in [0.15, 0.2) is 51.8 Å². The standard InChI is InChI=1S/C16H16BrNO5S/c1-16(19,11-6-7-13-14(8-11)23-10-22-13)9-18-24(20,21)15-5-3-2-4-12(15)17/h2-8,18-19H,9-10H2,1H3/t16-/m0/s1. The van der Waals surface area contributed by atoms with Crippen LogP contribution < -0.4 is 14.2 Å². The van der Waals surface area contributed by atoms with E-state index in [-0.39, 0.29) is 18.2 Å². The number of sulfonamides is 1. The predicted molar refractivity (Wildman–Crippen MR) is 91.5 cm³/mol. The lowest BCUT2D eigenvalue weighted by Gasteiger charge is -2.24. The molecular formula is C16H16BrNO5S. The van der Waals surface area contributed by atoms with E-state index >= 15 is 0 Å². The van der Waals surface area contributed by atoms with Gasteiger partial charge in [-0.1, -0.05) is 18.2 Å². The van der Waals surface area contributed by atoms with Gasteiger partial charge in [0.05, 0.1) is 4.90 Å². The maximum absolute atomic E-state index is 12.4.